The van der Waals surface area contributed by atoms with Gasteiger partial charge in [-0.2, -0.15) is 0 Å². The first kappa shape index (κ1) is 15.5. The summed E-state index contributed by atoms with van der Waals surface area (Å²) in [7, 11) is 1.37. The van der Waals surface area contributed by atoms with E-state index in [4.69, 9.17) is 10.5 Å². The number of nitrogens with zero attached hydrogens (tertiary/aromatic N) is 1. The Morgan fingerprint density at radius 1 is 1.33 bits per heavy atom. The lowest BCUT2D eigenvalue weighted by Crippen LogP contribution is -2.48. The molecule has 0 aromatic heterocycles. The number of nitrogens with two attached hydrogens (primary N) is 1. The van der Waals surface area contributed by atoms with Crippen LogP contribution in [0.3, 0.4) is 0 Å². The van der Waals surface area contributed by atoms with E-state index in [0.717, 1.165) is 24.8 Å². The first-order valence-electron chi connectivity index (χ1n) is 7.31. The molecule has 0 bridgehead atoms. The van der Waals surface area contributed by atoms with Gasteiger partial charge in [0.05, 0.1) is 13.5 Å². The largest absolute Gasteiger partial charge is 0.469 e. The van der Waals surface area contributed by atoms with Crippen molar-refractivity contribution >= 4 is 11.9 Å². The maximum absolute atomic E-state index is 12.6. The Kier molecular flexibility index (Phi) is 5.33. The molecule has 5 nitrogen and oxygen atoms in total. The number of carbonyl (C=O) groups excluding carboxylic acids is 2. The maximum atomic E-state index is 12.6. The van der Waals surface area contributed by atoms with Crippen molar-refractivity contribution in [2.75, 3.05) is 13.7 Å². The standard InChI is InChI=1S/C16H22N2O3/c1-21-14(19)11-13-9-5-6-10-18(13)16(20)15(17)12-7-3-2-4-8-12/h2-4,7-8,13,15H,5-6,9-11,17H2,1H3/t13?,15-/m0/s1. The predicted molar refractivity (Wildman–Crippen MR) is 79.4 cm³/mol. The van der Waals surface area contributed by atoms with E-state index in [1.807, 2.05) is 30.3 Å². The minimum atomic E-state index is -0.676. The van der Waals surface area contributed by atoms with Crippen molar-refractivity contribution in [1.82, 2.24) is 4.90 Å². The second-order valence-electron chi connectivity index (χ2n) is 5.35. The third kappa shape index (κ3) is 3.82. The van der Waals surface area contributed by atoms with Crippen LogP contribution in [0.4, 0.5) is 0 Å². The highest BCUT2D eigenvalue weighted by atomic mass is 16.5. The fourth-order valence-electron chi connectivity index (χ4n) is 2.76. The molecular formula is C16H22N2O3. The Morgan fingerprint density at radius 3 is 2.71 bits per heavy atom. The number of ether oxygens (including phenoxy) is 1. The van der Waals surface area contributed by atoms with Crippen molar-refractivity contribution in [3.8, 4) is 0 Å². The van der Waals surface area contributed by atoms with Gasteiger partial charge in [0.2, 0.25) is 5.91 Å². The van der Waals surface area contributed by atoms with E-state index < -0.39 is 6.04 Å². The number of hydrogen-bond donors (Lipinski definition) is 1. The van der Waals surface area contributed by atoms with Crippen LogP contribution in [0.25, 0.3) is 0 Å². The van der Waals surface area contributed by atoms with Crippen LogP contribution in [0.2, 0.25) is 0 Å². The van der Waals surface area contributed by atoms with Crippen molar-refractivity contribution in [1.29, 1.82) is 0 Å². The lowest BCUT2D eigenvalue weighted by molar-refractivity contribution is -0.145. The lowest BCUT2D eigenvalue weighted by Gasteiger charge is -2.36. The third-order valence-corrected chi connectivity index (χ3v) is 3.96. The van der Waals surface area contributed by atoms with Crippen LogP contribution >= 0.6 is 0 Å². The van der Waals surface area contributed by atoms with Crippen LogP contribution < -0.4 is 5.73 Å². The topological polar surface area (TPSA) is 72.6 Å². The average molecular weight is 290 g/mol. The maximum Gasteiger partial charge on any atom is 0.307 e. The van der Waals surface area contributed by atoms with Crippen LogP contribution in [0, 0.1) is 0 Å². The Bertz CT molecular complexity index is 490. The summed E-state index contributed by atoms with van der Waals surface area (Å²) in [5.41, 5.74) is 6.88. The first-order chi connectivity index (χ1) is 10.1. The van der Waals surface area contributed by atoms with Gasteiger partial charge in [0.15, 0.2) is 0 Å². The number of likely N-dealkylation sites (tertiary alicyclic amines) is 1. The van der Waals surface area contributed by atoms with Crippen molar-refractivity contribution in [3.63, 3.8) is 0 Å². The molecule has 0 radical (unpaired) electrons. The van der Waals surface area contributed by atoms with Crippen LogP contribution in [-0.2, 0) is 14.3 Å². The smallest absolute Gasteiger partial charge is 0.307 e. The quantitative estimate of drug-likeness (QED) is 0.855. The second-order valence-corrected chi connectivity index (χ2v) is 5.35. The summed E-state index contributed by atoms with van der Waals surface area (Å²) in [6, 6.07) is 8.54. The van der Waals surface area contributed by atoms with Crippen LogP contribution in [0.1, 0.15) is 37.3 Å². The van der Waals surface area contributed by atoms with Gasteiger partial charge in [0.1, 0.15) is 6.04 Å². The summed E-state index contributed by atoms with van der Waals surface area (Å²) in [6.45, 7) is 0.654. The first-order valence-corrected chi connectivity index (χ1v) is 7.31. The molecule has 0 spiro atoms. The van der Waals surface area contributed by atoms with E-state index in [-0.39, 0.29) is 24.3 Å². The third-order valence-electron chi connectivity index (χ3n) is 3.96. The van der Waals surface area contributed by atoms with Gasteiger partial charge in [0.25, 0.3) is 0 Å². The summed E-state index contributed by atoms with van der Waals surface area (Å²) in [4.78, 5) is 25.9. The number of amides is 1. The van der Waals surface area contributed by atoms with E-state index in [1.165, 1.54) is 7.11 Å². The van der Waals surface area contributed by atoms with Gasteiger partial charge in [-0.25, -0.2) is 0 Å². The molecule has 5 heteroatoms. The fraction of sp³-hybridized carbons (Fsp3) is 0.500. The zero-order chi connectivity index (χ0) is 15.2. The van der Waals surface area contributed by atoms with Crippen molar-refractivity contribution in [2.45, 2.75) is 37.8 Å². The molecule has 1 aliphatic heterocycles. The molecule has 1 unspecified atom stereocenters. The molecule has 1 aromatic rings. The molecule has 114 valence electrons. The van der Waals surface area contributed by atoms with E-state index in [1.54, 1.807) is 4.90 Å². The van der Waals surface area contributed by atoms with Crippen molar-refractivity contribution in [3.05, 3.63) is 35.9 Å². The van der Waals surface area contributed by atoms with Gasteiger partial charge < -0.3 is 15.4 Å². The number of esters is 1. The van der Waals surface area contributed by atoms with Crippen molar-refractivity contribution < 1.29 is 14.3 Å². The van der Waals surface area contributed by atoms with Gasteiger partial charge in [-0.3, -0.25) is 9.59 Å². The van der Waals surface area contributed by atoms with Gasteiger partial charge in [-0.15, -0.1) is 0 Å². The molecular weight excluding hydrogens is 268 g/mol. The minimum absolute atomic E-state index is 0.103. The number of carbonyl (C=O) groups is 2. The van der Waals surface area contributed by atoms with Gasteiger partial charge in [-0.1, -0.05) is 30.3 Å². The van der Waals surface area contributed by atoms with Gasteiger partial charge in [0, 0.05) is 12.6 Å². The number of piperidine rings is 1. The van der Waals surface area contributed by atoms with Crippen LogP contribution in [-0.4, -0.2) is 36.5 Å². The summed E-state index contributed by atoms with van der Waals surface area (Å²) in [6.07, 6.45) is 3.03. The van der Waals surface area contributed by atoms with E-state index >= 15 is 0 Å². The minimum Gasteiger partial charge on any atom is -0.469 e. The molecule has 1 saturated heterocycles. The molecule has 21 heavy (non-hydrogen) atoms. The van der Waals surface area contributed by atoms with Crippen LogP contribution in [0.15, 0.2) is 30.3 Å². The molecule has 2 N–H and O–H groups in total. The van der Waals surface area contributed by atoms with Crippen molar-refractivity contribution in [2.24, 2.45) is 5.73 Å². The Balaban J connectivity index is 2.09. The average Bonchev–Trinajstić information content (AvgIpc) is 2.54. The zero-order valence-electron chi connectivity index (χ0n) is 12.3. The lowest BCUT2D eigenvalue weighted by atomic mass is 9.97. The molecule has 1 aliphatic rings. The fourth-order valence-corrected chi connectivity index (χ4v) is 2.76. The van der Waals surface area contributed by atoms with Crippen LogP contribution in [0.5, 0.6) is 0 Å². The van der Waals surface area contributed by atoms with Gasteiger partial charge >= 0.3 is 5.97 Å². The SMILES string of the molecule is COC(=O)CC1CCCCN1C(=O)[C@@H](N)c1ccccc1. The molecule has 2 rings (SSSR count). The molecule has 0 saturated carbocycles. The molecule has 1 aromatic carbocycles. The second kappa shape index (κ2) is 7.22. The Hall–Kier alpha value is -1.88. The highest BCUT2D eigenvalue weighted by Crippen LogP contribution is 2.23. The summed E-state index contributed by atoms with van der Waals surface area (Å²) < 4.78 is 4.72. The van der Waals surface area contributed by atoms with E-state index in [9.17, 15) is 9.59 Å². The molecule has 1 amide bonds. The number of rotatable bonds is 4. The molecule has 1 heterocycles. The number of methoxy groups -OCH3 is 1. The normalized spacial score (nSPS) is 19.9. The van der Waals surface area contributed by atoms with E-state index in [2.05, 4.69) is 0 Å². The highest BCUT2D eigenvalue weighted by molar-refractivity contribution is 5.84. The number of hydrogen-bond acceptors (Lipinski definition) is 4. The van der Waals surface area contributed by atoms with Gasteiger partial charge in [-0.05, 0) is 24.8 Å². The Morgan fingerprint density at radius 2 is 2.05 bits per heavy atom. The zero-order valence-corrected chi connectivity index (χ0v) is 12.3. The summed E-state index contributed by atoms with van der Waals surface area (Å²) in [5, 5.41) is 0. The molecule has 2 atom stereocenters. The predicted octanol–water partition coefficient (Wildman–Crippen LogP) is 1.63. The monoisotopic (exact) mass is 290 g/mol. The van der Waals surface area contributed by atoms with E-state index in [0.29, 0.717) is 6.54 Å². The molecule has 1 fully saturated rings. The summed E-state index contributed by atoms with van der Waals surface area (Å²) in [5.74, 6) is -0.400. The Labute approximate surface area is 125 Å². The highest BCUT2D eigenvalue weighted by Gasteiger charge is 2.31. The number of benzene rings is 1. The summed E-state index contributed by atoms with van der Waals surface area (Å²) >= 11 is 0. The molecule has 0 aliphatic carbocycles.